The Bertz CT molecular complexity index is 401. The van der Waals surface area contributed by atoms with Crippen molar-refractivity contribution in [2.45, 2.75) is 32.7 Å². The lowest BCUT2D eigenvalue weighted by Gasteiger charge is -2.20. The number of benzene rings is 1. The number of halogens is 3. The van der Waals surface area contributed by atoms with Gasteiger partial charge < -0.3 is 10.1 Å². The van der Waals surface area contributed by atoms with Gasteiger partial charge in [-0.1, -0.05) is 6.92 Å². The van der Waals surface area contributed by atoms with Gasteiger partial charge in [-0.05, 0) is 54.4 Å². The van der Waals surface area contributed by atoms with Crippen LogP contribution in [-0.2, 0) is 4.74 Å². The van der Waals surface area contributed by atoms with E-state index < -0.39 is 11.6 Å². The van der Waals surface area contributed by atoms with Crippen LogP contribution in [0.1, 0.15) is 38.3 Å². The molecule has 0 spiro atoms. The van der Waals surface area contributed by atoms with E-state index in [4.69, 9.17) is 4.74 Å². The molecule has 108 valence electrons. The van der Waals surface area contributed by atoms with Gasteiger partial charge in [0.25, 0.3) is 0 Å². The summed E-state index contributed by atoms with van der Waals surface area (Å²) < 4.78 is 33.5. The van der Waals surface area contributed by atoms with Crippen LogP contribution in [0.4, 0.5) is 8.78 Å². The minimum Gasteiger partial charge on any atom is -0.382 e. The standard InChI is InChI=1S/C14H20BrF2NO/c1-3-8-18-12(7-9-19-4-2)13-11(16)6-5-10(15)14(13)17/h5-6,12,18H,3-4,7-9H2,1-2H3. The zero-order chi connectivity index (χ0) is 14.3. The summed E-state index contributed by atoms with van der Waals surface area (Å²) in [7, 11) is 0. The fraction of sp³-hybridized carbons (Fsp3) is 0.571. The Morgan fingerprint density at radius 2 is 2.05 bits per heavy atom. The van der Waals surface area contributed by atoms with E-state index >= 15 is 0 Å². The smallest absolute Gasteiger partial charge is 0.145 e. The van der Waals surface area contributed by atoms with Crippen LogP contribution < -0.4 is 5.32 Å². The molecule has 0 saturated heterocycles. The summed E-state index contributed by atoms with van der Waals surface area (Å²) in [4.78, 5) is 0. The summed E-state index contributed by atoms with van der Waals surface area (Å²) in [5, 5.41) is 3.17. The zero-order valence-electron chi connectivity index (χ0n) is 11.3. The van der Waals surface area contributed by atoms with Crippen molar-refractivity contribution in [3.05, 3.63) is 33.8 Å². The minimum atomic E-state index is -0.537. The van der Waals surface area contributed by atoms with Gasteiger partial charge in [0.15, 0.2) is 0 Å². The average molecular weight is 336 g/mol. The highest BCUT2D eigenvalue weighted by Crippen LogP contribution is 2.28. The summed E-state index contributed by atoms with van der Waals surface area (Å²) in [5.41, 5.74) is 0.0857. The summed E-state index contributed by atoms with van der Waals surface area (Å²) >= 11 is 3.10. The first-order valence-corrected chi connectivity index (χ1v) is 7.35. The van der Waals surface area contributed by atoms with Crippen molar-refractivity contribution in [1.82, 2.24) is 5.32 Å². The van der Waals surface area contributed by atoms with Crippen molar-refractivity contribution >= 4 is 15.9 Å². The maximum atomic E-state index is 14.1. The lowest BCUT2D eigenvalue weighted by atomic mass is 10.0. The van der Waals surface area contributed by atoms with E-state index in [0.29, 0.717) is 26.2 Å². The van der Waals surface area contributed by atoms with Gasteiger partial charge in [0.2, 0.25) is 0 Å². The van der Waals surface area contributed by atoms with Gasteiger partial charge in [0.05, 0.1) is 4.47 Å². The fourth-order valence-electron chi connectivity index (χ4n) is 1.87. The first-order valence-electron chi connectivity index (χ1n) is 6.56. The summed E-state index contributed by atoms with van der Waals surface area (Å²) in [6, 6.07) is 2.29. The van der Waals surface area contributed by atoms with Crippen molar-refractivity contribution in [1.29, 1.82) is 0 Å². The molecule has 0 radical (unpaired) electrons. The lowest BCUT2D eigenvalue weighted by molar-refractivity contribution is 0.135. The second-order valence-electron chi connectivity index (χ2n) is 4.25. The first kappa shape index (κ1) is 16.5. The van der Waals surface area contributed by atoms with Crippen molar-refractivity contribution < 1.29 is 13.5 Å². The normalized spacial score (nSPS) is 12.7. The van der Waals surface area contributed by atoms with E-state index in [1.54, 1.807) is 0 Å². The summed E-state index contributed by atoms with van der Waals surface area (Å²) in [5.74, 6) is -1.06. The van der Waals surface area contributed by atoms with Crippen LogP contribution in [0.5, 0.6) is 0 Å². The third kappa shape index (κ3) is 4.82. The molecular weight excluding hydrogens is 316 g/mol. The molecule has 1 atom stereocenters. The molecule has 0 aliphatic carbocycles. The molecule has 0 bridgehead atoms. The van der Waals surface area contributed by atoms with E-state index in [1.165, 1.54) is 12.1 Å². The van der Waals surface area contributed by atoms with Gasteiger partial charge in [-0.3, -0.25) is 0 Å². The molecule has 0 heterocycles. The van der Waals surface area contributed by atoms with Crippen LogP contribution in [0.15, 0.2) is 16.6 Å². The highest BCUT2D eigenvalue weighted by Gasteiger charge is 2.21. The van der Waals surface area contributed by atoms with E-state index in [2.05, 4.69) is 21.2 Å². The third-order valence-corrected chi connectivity index (χ3v) is 3.44. The molecule has 0 amide bonds. The van der Waals surface area contributed by atoms with Crippen molar-refractivity contribution in [3.63, 3.8) is 0 Å². The molecule has 1 N–H and O–H groups in total. The molecule has 1 aromatic carbocycles. The average Bonchev–Trinajstić information content (AvgIpc) is 2.40. The molecule has 1 aromatic rings. The molecule has 0 fully saturated rings. The van der Waals surface area contributed by atoms with Gasteiger partial charge in [-0.2, -0.15) is 0 Å². The van der Waals surface area contributed by atoms with Crippen LogP contribution in [0.3, 0.4) is 0 Å². The molecule has 1 rings (SSSR count). The summed E-state index contributed by atoms with van der Waals surface area (Å²) in [6.07, 6.45) is 1.44. The predicted octanol–water partition coefficient (Wildman–Crippen LogP) is 4.19. The first-order chi connectivity index (χ1) is 9.11. The molecule has 0 aliphatic rings. The number of hydrogen-bond acceptors (Lipinski definition) is 2. The van der Waals surface area contributed by atoms with E-state index in [-0.39, 0.29) is 16.1 Å². The Hall–Kier alpha value is -0.520. The second-order valence-corrected chi connectivity index (χ2v) is 5.10. The summed E-state index contributed by atoms with van der Waals surface area (Å²) in [6.45, 7) is 5.70. The highest BCUT2D eigenvalue weighted by molar-refractivity contribution is 9.10. The van der Waals surface area contributed by atoms with Crippen LogP contribution in [0.2, 0.25) is 0 Å². The number of nitrogens with one attached hydrogen (secondary N) is 1. The van der Waals surface area contributed by atoms with E-state index in [1.807, 2.05) is 13.8 Å². The topological polar surface area (TPSA) is 21.3 Å². The maximum Gasteiger partial charge on any atom is 0.145 e. The Morgan fingerprint density at radius 1 is 1.32 bits per heavy atom. The number of hydrogen-bond donors (Lipinski definition) is 1. The quantitative estimate of drug-likeness (QED) is 0.568. The number of ether oxygens (including phenoxy) is 1. The maximum absolute atomic E-state index is 14.1. The molecule has 1 unspecified atom stereocenters. The minimum absolute atomic E-state index is 0.0857. The Morgan fingerprint density at radius 3 is 2.68 bits per heavy atom. The fourth-order valence-corrected chi connectivity index (χ4v) is 2.22. The highest BCUT2D eigenvalue weighted by atomic mass is 79.9. The van der Waals surface area contributed by atoms with Crippen molar-refractivity contribution in [2.75, 3.05) is 19.8 Å². The molecular formula is C14H20BrF2NO. The SMILES string of the molecule is CCCNC(CCOCC)c1c(F)ccc(Br)c1F. The van der Waals surface area contributed by atoms with Crippen molar-refractivity contribution in [2.24, 2.45) is 0 Å². The van der Waals surface area contributed by atoms with Crippen LogP contribution >= 0.6 is 15.9 Å². The van der Waals surface area contributed by atoms with E-state index in [0.717, 1.165) is 6.42 Å². The lowest BCUT2D eigenvalue weighted by Crippen LogP contribution is -2.25. The Labute approximate surface area is 121 Å². The molecule has 0 saturated carbocycles. The second kappa shape index (κ2) is 8.61. The van der Waals surface area contributed by atoms with Gasteiger partial charge in [0, 0.05) is 24.8 Å². The van der Waals surface area contributed by atoms with Gasteiger partial charge >= 0.3 is 0 Å². The number of rotatable bonds is 8. The largest absolute Gasteiger partial charge is 0.382 e. The molecule has 2 nitrogen and oxygen atoms in total. The zero-order valence-corrected chi connectivity index (χ0v) is 12.9. The molecule has 5 heteroatoms. The Kier molecular flexibility index (Phi) is 7.49. The Balaban J connectivity index is 2.92. The monoisotopic (exact) mass is 335 g/mol. The predicted molar refractivity (Wildman–Crippen MR) is 76.2 cm³/mol. The van der Waals surface area contributed by atoms with Crippen LogP contribution in [0.25, 0.3) is 0 Å². The van der Waals surface area contributed by atoms with Gasteiger partial charge in [0.1, 0.15) is 11.6 Å². The molecule has 0 aliphatic heterocycles. The molecule has 19 heavy (non-hydrogen) atoms. The van der Waals surface area contributed by atoms with Crippen LogP contribution in [-0.4, -0.2) is 19.8 Å². The van der Waals surface area contributed by atoms with Gasteiger partial charge in [-0.15, -0.1) is 0 Å². The third-order valence-electron chi connectivity index (χ3n) is 2.82. The van der Waals surface area contributed by atoms with Crippen molar-refractivity contribution in [3.8, 4) is 0 Å². The molecule has 0 aromatic heterocycles. The van der Waals surface area contributed by atoms with Crippen LogP contribution in [0, 0.1) is 11.6 Å². The van der Waals surface area contributed by atoms with E-state index in [9.17, 15) is 8.78 Å². The van der Waals surface area contributed by atoms with Gasteiger partial charge in [-0.25, -0.2) is 8.78 Å².